The van der Waals surface area contributed by atoms with Crippen LogP contribution in [-0.2, 0) is 5.88 Å². The van der Waals surface area contributed by atoms with Crippen molar-refractivity contribution in [1.29, 1.82) is 0 Å². The van der Waals surface area contributed by atoms with E-state index in [1.165, 1.54) is 7.11 Å². The number of ether oxygens (including phenoxy) is 1. The number of hydrogen-bond donors (Lipinski definition) is 1. The lowest BCUT2D eigenvalue weighted by Gasteiger charge is -2.09. The van der Waals surface area contributed by atoms with Crippen LogP contribution in [0.15, 0.2) is 12.1 Å². The molecule has 2 rings (SSSR count). The number of anilines is 1. The third kappa shape index (κ3) is 2.49. The Morgan fingerprint density at radius 3 is 2.65 bits per heavy atom. The van der Waals surface area contributed by atoms with Crippen LogP contribution in [-0.4, -0.2) is 17.1 Å². The molecule has 0 bridgehead atoms. The van der Waals surface area contributed by atoms with E-state index in [1.807, 2.05) is 0 Å². The van der Waals surface area contributed by atoms with E-state index in [0.29, 0.717) is 33.3 Å². The topological polar surface area (TPSA) is 61.0 Å². The van der Waals surface area contributed by atoms with Crippen LogP contribution in [0.4, 0.5) is 5.82 Å². The summed E-state index contributed by atoms with van der Waals surface area (Å²) < 4.78 is 5.19. The van der Waals surface area contributed by atoms with Crippen molar-refractivity contribution in [1.82, 2.24) is 9.97 Å². The minimum absolute atomic E-state index is 0. The molecule has 1 heterocycles. The Labute approximate surface area is 114 Å². The van der Waals surface area contributed by atoms with Gasteiger partial charge in [-0.1, -0.05) is 11.6 Å². The van der Waals surface area contributed by atoms with E-state index in [0.717, 1.165) is 0 Å². The molecule has 2 aromatic rings. The van der Waals surface area contributed by atoms with Crippen LogP contribution in [0.3, 0.4) is 0 Å². The van der Waals surface area contributed by atoms with Crippen molar-refractivity contribution in [3.8, 4) is 5.75 Å². The summed E-state index contributed by atoms with van der Waals surface area (Å²) in [7, 11) is 1.52. The van der Waals surface area contributed by atoms with Gasteiger partial charge in [-0.05, 0) is 12.1 Å². The summed E-state index contributed by atoms with van der Waals surface area (Å²) in [5.41, 5.74) is 6.50. The van der Waals surface area contributed by atoms with Gasteiger partial charge in [-0.25, -0.2) is 9.97 Å². The zero-order valence-electron chi connectivity index (χ0n) is 8.91. The number of methoxy groups -OCH3 is 1. The number of benzene rings is 1. The Bertz CT molecular complexity index is 548. The van der Waals surface area contributed by atoms with Gasteiger partial charge in [0.05, 0.1) is 28.9 Å². The molecular formula is C10H10Cl3N3O. The predicted octanol–water partition coefficient (Wildman–Crippen LogP) is 3.03. The van der Waals surface area contributed by atoms with Crippen molar-refractivity contribution in [3.05, 3.63) is 23.0 Å². The molecular weight excluding hydrogens is 284 g/mol. The smallest absolute Gasteiger partial charge is 0.150 e. The summed E-state index contributed by atoms with van der Waals surface area (Å²) in [6, 6.07) is 3.46. The Morgan fingerprint density at radius 2 is 2.06 bits per heavy atom. The molecule has 0 aliphatic carbocycles. The van der Waals surface area contributed by atoms with E-state index in [4.69, 9.17) is 33.7 Å². The van der Waals surface area contributed by atoms with Gasteiger partial charge >= 0.3 is 0 Å². The standard InChI is InChI=1S/C10H9Cl2N3O.ClH/c1-16-9-5(12)2-3-6-8(9)10(13)15-7(4-11)14-6;/h2-3H,4H2,1H3,(H2,13,14,15);1H. The average molecular weight is 295 g/mol. The summed E-state index contributed by atoms with van der Waals surface area (Å²) in [6.45, 7) is 0. The Morgan fingerprint density at radius 1 is 1.35 bits per heavy atom. The first-order valence-electron chi connectivity index (χ1n) is 4.52. The number of alkyl halides is 1. The van der Waals surface area contributed by atoms with Crippen LogP contribution in [0.1, 0.15) is 5.82 Å². The summed E-state index contributed by atoms with van der Waals surface area (Å²) in [4.78, 5) is 8.31. The zero-order chi connectivity index (χ0) is 11.7. The van der Waals surface area contributed by atoms with Gasteiger partial charge in [0.25, 0.3) is 0 Å². The molecule has 0 aliphatic heterocycles. The van der Waals surface area contributed by atoms with E-state index in [2.05, 4.69) is 9.97 Å². The lowest BCUT2D eigenvalue weighted by Crippen LogP contribution is -2.01. The van der Waals surface area contributed by atoms with Crippen LogP contribution in [0.2, 0.25) is 5.02 Å². The second-order valence-corrected chi connectivity index (χ2v) is 3.81. The van der Waals surface area contributed by atoms with E-state index >= 15 is 0 Å². The van der Waals surface area contributed by atoms with Crippen molar-refractivity contribution in [2.24, 2.45) is 0 Å². The molecule has 92 valence electrons. The Kier molecular flexibility index (Phi) is 4.62. The molecule has 4 nitrogen and oxygen atoms in total. The largest absolute Gasteiger partial charge is 0.494 e. The normalized spacial score (nSPS) is 10.1. The number of hydrogen-bond acceptors (Lipinski definition) is 4. The molecule has 0 saturated heterocycles. The Balaban J connectivity index is 0.00000144. The SMILES string of the molecule is COc1c(Cl)ccc2nc(CCl)nc(N)c12.Cl. The van der Waals surface area contributed by atoms with Gasteiger partial charge in [0, 0.05) is 0 Å². The van der Waals surface area contributed by atoms with Gasteiger partial charge in [-0.2, -0.15) is 0 Å². The maximum Gasteiger partial charge on any atom is 0.150 e. The molecule has 7 heteroatoms. The van der Waals surface area contributed by atoms with Gasteiger partial charge in [-0.15, -0.1) is 24.0 Å². The van der Waals surface area contributed by atoms with Gasteiger partial charge in [0.1, 0.15) is 11.6 Å². The van der Waals surface area contributed by atoms with Gasteiger partial charge in [0.2, 0.25) is 0 Å². The molecule has 0 atom stereocenters. The molecule has 0 fully saturated rings. The molecule has 0 radical (unpaired) electrons. The van der Waals surface area contributed by atoms with Crippen LogP contribution in [0.5, 0.6) is 5.75 Å². The fourth-order valence-corrected chi connectivity index (χ4v) is 1.86. The molecule has 0 spiro atoms. The monoisotopic (exact) mass is 293 g/mol. The number of rotatable bonds is 2. The number of aromatic nitrogens is 2. The minimum atomic E-state index is 0. The van der Waals surface area contributed by atoms with Gasteiger partial charge in [0.15, 0.2) is 5.75 Å². The van der Waals surface area contributed by atoms with E-state index in [-0.39, 0.29) is 18.3 Å². The maximum absolute atomic E-state index is 5.99. The van der Waals surface area contributed by atoms with Crippen LogP contribution in [0.25, 0.3) is 10.9 Å². The minimum Gasteiger partial charge on any atom is -0.494 e. The zero-order valence-corrected chi connectivity index (χ0v) is 11.2. The van der Waals surface area contributed by atoms with Crippen LogP contribution in [0, 0.1) is 0 Å². The molecule has 0 unspecified atom stereocenters. The lowest BCUT2D eigenvalue weighted by atomic mass is 10.2. The number of fused-ring (bicyclic) bond motifs is 1. The first-order valence-corrected chi connectivity index (χ1v) is 5.43. The quantitative estimate of drug-likeness (QED) is 0.865. The number of nitrogens with two attached hydrogens (primary N) is 1. The Hall–Kier alpha value is -0.970. The summed E-state index contributed by atoms with van der Waals surface area (Å²) >= 11 is 11.7. The predicted molar refractivity (Wildman–Crippen MR) is 72.3 cm³/mol. The van der Waals surface area contributed by atoms with Crippen molar-refractivity contribution in [3.63, 3.8) is 0 Å². The average Bonchev–Trinajstić information content (AvgIpc) is 2.29. The maximum atomic E-state index is 5.99. The fraction of sp³-hybridized carbons (Fsp3) is 0.200. The molecule has 0 aliphatic rings. The first kappa shape index (κ1) is 14.1. The number of nitrogen functional groups attached to an aromatic ring is 1. The summed E-state index contributed by atoms with van der Waals surface area (Å²) in [6.07, 6.45) is 0. The van der Waals surface area contributed by atoms with E-state index in [1.54, 1.807) is 12.1 Å². The molecule has 2 N–H and O–H groups in total. The molecule has 0 saturated carbocycles. The van der Waals surface area contributed by atoms with E-state index < -0.39 is 0 Å². The third-order valence-electron chi connectivity index (χ3n) is 2.17. The fourth-order valence-electron chi connectivity index (χ4n) is 1.51. The third-order valence-corrected chi connectivity index (χ3v) is 2.70. The van der Waals surface area contributed by atoms with E-state index in [9.17, 15) is 0 Å². The molecule has 1 aromatic heterocycles. The van der Waals surface area contributed by atoms with Crippen molar-refractivity contribution >= 4 is 52.3 Å². The van der Waals surface area contributed by atoms with Gasteiger partial charge in [-0.3, -0.25) is 0 Å². The highest BCUT2D eigenvalue weighted by Crippen LogP contribution is 2.35. The van der Waals surface area contributed by atoms with Gasteiger partial charge < -0.3 is 10.5 Å². The van der Waals surface area contributed by atoms with Crippen molar-refractivity contribution < 1.29 is 4.74 Å². The van der Waals surface area contributed by atoms with Crippen molar-refractivity contribution in [2.45, 2.75) is 5.88 Å². The molecule has 0 amide bonds. The first-order chi connectivity index (χ1) is 7.67. The highest BCUT2D eigenvalue weighted by molar-refractivity contribution is 6.33. The highest BCUT2D eigenvalue weighted by atomic mass is 35.5. The summed E-state index contributed by atoms with van der Waals surface area (Å²) in [5.74, 6) is 1.50. The molecule has 17 heavy (non-hydrogen) atoms. The van der Waals surface area contributed by atoms with Crippen LogP contribution >= 0.6 is 35.6 Å². The molecule has 1 aromatic carbocycles. The van der Waals surface area contributed by atoms with Crippen molar-refractivity contribution in [2.75, 3.05) is 12.8 Å². The lowest BCUT2D eigenvalue weighted by molar-refractivity contribution is 0.420. The second kappa shape index (κ2) is 5.58. The highest BCUT2D eigenvalue weighted by Gasteiger charge is 2.12. The number of nitrogens with zero attached hydrogens (tertiary/aromatic N) is 2. The number of halogens is 3. The second-order valence-electron chi connectivity index (χ2n) is 3.13. The van der Waals surface area contributed by atoms with Crippen LogP contribution < -0.4 is 10.5 Å². The summed E-state index contributed by atoms with van der Waals surface area (Å²) in [5, 5.41) is 1.09.